The summed E-state index contributed by atoms with van der Waals surface area (Å²) in [6.45, 7) is 8.51. The second kappa shape index (κ2) is 18.0. The Morgan fingerprint density at radius 1 is 0.771 bits per heavy atom. The van der Waals surface area contributed by atoms with Gasteiger partial charge >= 0.3 is 15.1 Å². The number of Topliss-reactive ketones (excluding diaryl/α,β-unsaturated/α-hetero) is 1. The summed E-state index contributed by atoms with van der Waals surface area (Å²) in [6, 6.07) is 13.3. The lowest BCUT2D eigenvalue weighted by Gasteiger charge is -2.18. The van der Waals surface area contributed by atoms with Crippen molar-refractivity contribution in [3.05, 3.63) is 70.3 Å². The van der Waals surface area contributed by atoms with Gasteiger partial charge in [0.05, 0.1) is 6.61 Å². The fourth-order valence-electron chi connectivity index (χ4n) is 4.60. The van der Waals surface area contributed by atoms with Crippen LogP contribution >= 0.6 is 9.12 Å². The molecule has 2 atom stereocenters. The molecule has 192 valence electrons. The Bertz CT molecular complexity index is 871. The quantitative estimate of drug-likeness (QED) is 0.0814. The molecule has 0 heterocycles. The molecular formula is C30H44O4P+. The standard InChI is InChI=1S/C30H42O3.H2OP/c1-5-6-7-8-9-10-11-12-13-17-20-33-30(32)28(26-18-15-14-16-19-26)29(31)27-24(3)21-23(2)22-25(27)4;1-2/h14-16,18-19,21-22,28H,5-13,17,20H2,1-4H3;2H2/q;+1. The van der Waals surface area contributed by atoms with E-state index in [1.165, 1.54) is 60.5 Å². The zero-order valence-electron chi connectivity index (χ0n) is 22.1. The SMILES string of the molecule is CCCCCCCCCCCCOC(=O)C(C(=O)c1c(C)cc(C)cc1C)c1ccccc1.O=[PH2+]. The van der Waals surface area contributed by atoms with Gasteiger partial charge < -0.3 is 4.74 Å². The van der Waals surface area contributed by atoms with E-state index in [0.717, 1.165) is 29.5 Å². The molecule has 4 nitrogen and oxygen atoms in total. The van der Waals surface area contributed by atoms with E-state index in [2.05, 4.69) is 6.92 Å². The molecule has 0 saturated carbocycles. The van der Waals surface area contributed by atoms with Crippen LogP contribution < -0.4 is 0 Å². The van der Waals surface area contributed by atoms with Crippen LogP contribution in [0.4, 0.5) is 0 Å². The highest BCUT2D eigenvalue weighted by Crippen LogP contribution is 2.27. The number of hydrogen-bond acceptors (Lipinski definition) is 4. The molecule has 0 fully saturated rings. The molecule has 0 aliphatic heterocycles. The minimum Gasteiger partial charge on any atom is -0.465 e. The number of rotatable bonds is 15. The molecule has 0 spiro atoms. The van der Waals surface area contributed by atoms with E-state index in [9.17, 15) is 9.59 Å². The Labute approximate surface area is 214 Å². The van der Waals surface area contributed by atoms with E-state index in [4.69, 9.17) is 9.30 Å². The van der Waals surface area contributed by atoms with Gasteiger partial charge in [0, 0.05) is 5.56 Å². The first-order chi connectivity index (χ1) is 17.0. The average molecular weight is 500 g/mol. The molecule has 0 saturated heterocycles. The van der Waals surface area contributed by atoms with Crippen molar-refractivity contribution in [3.8, 4) is 0 Å². The fourth-order valence-corrected chi connectivity index (χ4v) is 4.60. The maximum atomic E-state index is 13.5. The number of ether oxygens (including phenoxy) is 1. The van der Waals surface area contributed by atoms with E-state index in [-0.39, 0.29) is 5.78 Å². The van der Waals surface area contributed by atoms with Crippen molar-refractivity contribution < 1.29 is 18.9 Å². The Hall–Kier alpha value is -2.32. The number of carbonyl (C=O) groups is 2. The van der Waals surface area contributed by atoms with E-state index in [1.54, 1.807) is 0 Å². The molecule has 2 rings (SSSR count). The van der Waals surface area contributed by atoms with E-state index >= 15 is 0 Å². The van der Waals surface area contributed by atoms with Gasteiger partial charge in [-0.3, -0.25) is 9.59 Å². The summed E-state index contributed by atoms with van der Waals surface area (Å²) in [5, 5.41) is 0. The average Bonchev–Trinajstić information content (AvgIpc) is 2.84. The van der Waals surface area contributed by atoms with Crippen LogP contribution in [0.5, 0.6) is 0 Å². The predicted octanol–water partition coefficient (Wildman–Crippen LogP) is 8.25. The summed E-state index contributed by atoms with van der Waals surface area (Å²) in [5.41, 5.74) is 4.24. The van der Waals surface area contributed by atoms with E-state index < -0.39 is 11.9 Å². The van der Waals surface area contributed by atoms with Crippen LogP contribution in [0, 0.1) is 20.8 Å². The topological polar surface area (TPSA) is 60.4 Å². The second-order valence-electron chi connectivity index (χ2n) is 9.33. The van der Waals surface area contributed by atoms with Gasteiger partial charge in [0.15, 0.2) is 5.78 Å². The third-order valence-electron chi connectivity index (χ3n) is 6.30. The highest BCUT2D eigenvalue weighted by Gasteiger charge is 2.32. The van der Waals surface area contributed by atoms with E-state index in [0.29, 0.717) is 17.7 Å². The summed E-state index contributed by atoms with van der Waals surface area (Å²) in [6.07, 6.45) is 12.3. The molecule has 0 aliphatic rings. The summed E-state index contributed by atoms with van der Waals surface area (Å²) < 4.78 is 13.8. The Morgan fingerprint density at radius 3 is 1.77 bits per heavy atom. The molecular weight excluding hydrogens is 455 g/mol. The summed E-state index contributed by atoms with van der Waals surface area (Å²) in [7, 11) is 1.17. The molecule has 0 aliphatic carbocycles. The van der Waals surface area contributed by atoms with Crippen molar-refractivity contribution in [1.82, 2.24) is 0 Å². The van der Waals surface area contributed by atoms with Gasteiger partial charge in [0.1, 0.15) is 5.92 Å². The highest BCUT2D eigenvalue weighted by molar-refractivity contribution is 7.00. The van der Waals surface area contributed by atoms with Gasteiger partial charge in [0.2, 0.25) is 0 Å². The van der Waals surface area contributed by atoms with Gasteiger partial charge in [-0.2, -0.15) is 0 Å². The normalized spacial score (nSPS) is 11.3. The number of benzene rings is 2. The van der Waals surface area contributed by atoms with Crippen molar-refractivity contribution >= 4 is 20.9 Å². The van der Waals surface area contributed by atoms with Gasteiger partial charge in [-0.05, 0) is 43.9 Å². The Kier molecular flexibility index (Phi) is 15.8. The molecule has 2 aromatic rings. The number of aryl methyl sites for hydroxylation is 3. The minimum atomic E-state index is -0.922. The molecule has 2 unspecified atom stereocenters. The third kappa shape index (κ3) is 10.9. The molecule has 0 N–H and O–H groups in total. The smallest absolute Gasteiger partial charge is 0.321 e. The zero-order chi connectivity index (χ0) is 26.1. The Morgan fingerprint density at radius 2 is 1.26 bits per heavy atom. The number of ketones is 1. The molecule has 35 heavy (non-hydrogen) atoms. The van der Waals surface area contributed by atoms with Crippen molar-refractivity contribution in [2.75, 3.05) is 6.61 Å². The van der Waals surface area contributed by atoms with Crippen LogP contribution in [0.25, 0.3) is 0 Å². The van der Waals surface area contributed by atoms with Crippen molar-refractivity contribution in [2.45, 2.75) is 97.8 Å². The zero-order valence-corrected chi connectivity index (χ0v) is 23.3. The van der Waals surface area contributed by atoms with Crippen LogP contribution in [0.15, 0.2) is 42.5 Å². The lowest BCUT2D eigenvalue weighted by molar-refractivity contribution is -0.144. The first-order valence-electron chi connectivity index (χ1n) is 13.0. The fraction of sp³-hybridized carbons (Fsp3) is 0.533. The molecule has 0 radical (unpaired) electrons. The Balaban J connectivity index is 0.00000298. The first-order valence-corrected chi connectivity index (χ1v) is 13.5. The van der Waals surface area contributed by atoms with Crippen LogP contribution in [0.1, 0.15) is 110 Å². The highest BCUT2D eigenvalue weighted by atomic mass is 31.0. The predicted molar refractivity (Wildman–Crippen MR) is 147 cm³/mol. The largest absolute Gasteiger partial charge is 0.465 e. The van der Waals surface area contributed by atoms with Gasteiger partial charge in [0.25, 0.3) is 0 Å². The van der Waals surface area contributed by atoms with E-state index in [1.807, 2.05) is 63.2 Å². The molecule has 2 aromatic carbocycles. The number of unbranched alkanes of at least 4 members (excludes halogenated alkanes) is 9. The summed E-state index contributed by atoms with van der Waals surface area (Å²) >= 11 is 0. The lowest BCUT2D eigenvalue weighted by atomic mass is 9.86. The minimum absolute atomic E-state index is 0.177. The molecule has 0 bridgehead atoms. The van der Waals surface area contributed by atoms with Crippen molar-refractivity contribution in [3.63, 3.8) is 0 Å². The van der Waals surface area contributed by atoms with Crippen molar-refractivity contribution in [1.29, 1.82) is 0 Å². The van der Waals surface area contributed by atoms with Crippen LogP contribution in [-0.4, -0.2) is 18.4 Å². The first kappa shape index (κ1) is 30.7. The number of hydrogen-bond donors (Lipinski definition) is 0. The van der Waals surface area contributed by atoms with Crippen molar-refractivity contribution in [2.24, 2.45) is 0 Å². The number of carbonyl (C=O) groups excluding carboxylic acids is 2. The monoisotopic (exact) mass is 499 g/mol. The molecule has 5 heteroatoms. The summed E-state index contributed by atoms with van der Waals surface area (Å²) in [5.74, 6) is -1.54. The van der Waals surface area contributed by atoms with Crippen LogP contribution in [-0.2, 0) is 14.1 Å². The molecule has 0 aromatic heterocycles. The number of esters is 1. The van der Waals surface area contributed by atoms with Gasteiger partial charge in [-0.15, -0.1) is 0 Å². The van der Waals surface area contributed by atoms with Gasteiger partial charge in [-0.25, -0.2) is 0 Å². The second-order valence-corrected chi connectivity index (χ2v) is 9.33. The maximum absolute atomic E-state index is 13.5. The molecule has 0 amide bonds. The van der Waals surface area contributed by atoms with Crippen LogP contribution in [0.2, 0.25) is 0 Å². The maximum Gasteiger partial charge on any atom is 0.321 e. The third-order valence-corrected chi connectivity index (χ3v) is 6.30. The summed E-state index contributed by atoms with van der Waals surface area (Å²) in [4.78, 5) is 26.6. The van der Waals surface area contributed by atoms with Crippen LogP contribution in [0.3, 0.4) is 0 Å². The van der Waals surface area contributed by atoms with Gasteiger partial charge in [-0.1, -0.05) is 117 Å². The lowest BCUT2D eigenvalue weighted by Crippen LogP contribution is -2.26.